The average molecular weight is 463 g/mol. The van der Waals surface area contributed by atoms with E-state index in [4.69, 9.17) is 0 Å². The van der Waals surface area contributed by atoms with E-state index >= 15 is 0 Å². The van der Waals surface area contributed by atoms with Crippen LogP contribution < -0.4 is 0 Å². The summed E-state index contributed by atoms with van der Waals surface area (Å²) < 4.78 is 0. The second-order valence-corrected chi connectivity index (χ2v) is 6.47. The van der Waals surface area contributed by atoms with E-state index in [1.807, 2.05) is 0 Å². The Balaban J connectivity index is -0.0000000329. The zero-order valence-corrected chi connectivity index (χ0v) is 15.9. The van der Waals surface area contributed by atoms with E-state index in [1.165, 1.54) is 33.4 Å². The van der Waals surface area contributed by atoms with Crippen molar-refractivity contribution in [3.8, 4) is 0 Å². The van der Waals surface area contributed by atoms with Crippen LogP contribution in [0.4, 0.5) is 0 Å². The standard InChI is InChI=1S/3C8H10.9CH4/c3*1-7-4-3-5-8(2)6-7;;;;;;;;;/h3*3-6H,1-2H3;9*1H4. The maximum Gasteiger partial charge on any atom is -0.0398 e. The Hall–Kier alpha value is -2.34. The highest BCUT2D eigenvalue weighted by molar-refractivity contribution is 5.21. The summed E-state index contributed by atoms with van der Waals surface area (Å²) in [4.78, 5) is 0. The number of hydrogen-bond acceptors (Lipinski definition) is 0. The molecule has 3 aromatic rings. The molecule has 0 amide bonds. The van der Waals surface area contributed by atoms with Crippen molar-refractivity contribution < 1.29 is 0 Å². The van der Waals surface area contributed by atoms with Gasteiger partial charge in [0.05, 0.1) is 0 Å². The van der Waals surface area contributed by atoms with E-state index in [0.717, 1.165) is 0 Å². The predicted molar refractivity (Wildman–Crippen MR) is 168 cm³/mol. The number of rotatable bonds is 0. The zero-order chi connectivity index (χ0) is 17.9. The largest absolute Gasteiger partial charge is 0.0776 e. The number of aryl methyl sites for hydroxylation is 6. The molecule has 0 heteroatoms. The minimum Gasteiger partial charge on any atom is -0.0776 e. The fourth-order valence-electron chi connectivity index (χ4n) is 2.42. The van der Waals surface area contributed by atoms with Gasteiger partial charge in [-0.2, -0.15) is 0 Å². The molecule has 0 aliphatic rings. The summed E-state index contributed by atoms with van der Waals surface area (Å²) >= 11 is 0. The van der Waals surface area contributed by atoms with Crippen molar-refractivity contribution >= 4 is 0 Å². The molecule has 0 atom stereocenters. The van der Waals surface area contributed by atoms with Gasteiger partial charge in [0.25, 0.3) is 0 Å². The molecule has 0 N–H and O–H groups in total. The molecule has 0 bridgehead atoms. The first-order chi connectivity index (χ1) is 11.4. The van der Waals surface area contributed by atoms with Crippen molar-refractivity contribution in [2.45, 2.75) is 108 Å². The molecule has 0 nitrogen and oxygen atoms in total. The molecular weight excluding hydrogens is 396 g/mol. The van der Waals surface area contributed by atoms with Gasteiger partial charge in [-0.15, -0.1) is 0 Å². The van der Waals surface area contributed by atoms with E-state index in [0.29, 0.717) is 0 Å². The van der Waals surface area contributed by atoms with Crippen molar-refractivity contribution in [1.29, 1.82) is 0 Å². The smallest absolute Gasteiger partial charge is 0.0398 e. The van der Waals surface area contributed by atoms with Crippen LogP contribution >= 0.6 is 0 Å². The Kier molecular flexibility index (Phi) is 55.5. The molecule has 0 heterocycles. The van der Waals surface area contributed by atoms with Crippen LogP contribution in [0.2, 0.25) is 0 Å². The molecule has 0 aliphatic heterocycles. The maximum absolute atomic E-state index is 2.17. The molecule has 0 saturated carbocycles. The van der Waals surface area contributed by atoms with Crippen LogP contribution in [0.5, 0.6) is 0 Å². The molecular formula is C33H66. The third-order valence-electron chi connectivity index (χ3n) is 3.52. The normalized spacial score (nSPS) is 6.73. The van der Waals surface area contributed by atoms with Crippen LogP contribution in [0.1, 0.15) is 100 Å². The SMILES string of the molecule is C.C.C.C.C.C.C.C.C.Cc1cccc(C)c1.Cc1cccc(C)c1.Cc1cccc(C)c1. The van der Waals surface area contributed by atoms with Gasteiger partial charge < -0.3 is 0 Å². The van der Waals surface area contributed by atoms with Crippen molar-refractivity contribution in [2.24, 2.45) is 0 Å². The van der Waals surface area contributed by atoms with Crippen LogP contribution in [0, 0.1) is 41.5 Å². The first-order valence-corrected chi connectivity index (χ1v) is 8.46. The Morgan fingerprint density at radius 1 is 0.273 bits per heavy atom. The molecule has 3 aromatic carbocycles. The van der Waals surface area contributed by atoms with Gasteiger partial charge in [-0.3, -0.25) is 0 Å². The van der Waals surface area contributed by atoms with E-state index in [1.54, 1.807) is 0 Å². The Labute approximate surface area is 214 Å². The van der Waals surface area contributed by atoms with E-state index in [-0.39, 0.29) is 66.8 Å². The van der Waals surface area contributed by atoms with Gasteiger partial charge in [-0.25, -0.2) is 0 Å². The lowest BCUT2D eigenvalue weighted by molar-refractivity contribution is 1.39. The van der Waals surface area contributed by atoms with Gasteiger partial charge in [-0.05, 0) is 41.5 Å². The molecule has 0 radical (unpaired) electrons. The summed E-state index contributed by atoms with van der Waals surface area (Å²) in [6.45, 7) is 12.6. The first kappa shape index (κ1) is 57.5. The lowest BCUT2D eigenvalue weighted by Gasteiger charge is -1.90. The second-order valence-electron chi connectivity index (χ2n) is 6.47. The van der Waals surface area contributed by atoms with Crippen molar-refractivity contribution in [3.05, 3.63) is 106 Å². The third kappa shape index (κ3) is 29.7. The minimum atomic E-state index is 0. The molecule has 0 aromatic heterocycles. The molecule has 0 aliphatic carbocycles. The van der Waals surface area contributed by atoms with Crippen LogP contribution in [0.3, 0.4) is 0 Å². The number of benzene rings is 3. The van der Waals surface area contributed by atoms with Crippen LogP contribution in [0.25, 0.3) is 0 Å². The van der Waals surface area contributed by atoms with Gasteiger partial charge in [0.1, 0.15) is 0 Å². The summed E-state index contributed by atoms with van der Waals surface area (Å²) in [6.07, 6.45) is 0. The molecule has 3 rings (SSSR count). The lowest BCUT2D eigenvalue weighted by atomic mass is 10.2. The van der Waals surface area contributed by atoms with Crippen molar-refractivity contribution in [3.63, 3.8) is 0 Å². The minimum absolute atomic E-state index is 0. The monoisotopic (exact) mass is 463 g/mol. The average Bonchev–Trinajstić information content (AvgIpc) is 2.47. The van der Waals surface area contributed by atoms with Crippen LogP contribution in [-0.2, 0) is 0 Å². The van der Waals surface area contributed by atoms with E-state index in [2.05, 4.69) is 114 Å². The maximum atomic E-state index is 2.17. The van der Waals surface area contributed by atoms with Gasteiger partial charge >= 0.3 is 0 Å². The van der Waals surface area contributed by atoms with Crippen LogP contribution in [0.15, 0.2) is 72.8 Å². The summed E-state index contributed by atoms with van der Waals surface area (Å²) in [5.74, 6) is 0. The highest BCUT2D eigenvalue weighted by Crippen LogP contribution is 2.01. The molecule has 0 fully saturated rings. The molecule has 33 heavy (non-hydrogen) atoms. The fourth-order valence-corrected chi connectivity index (χ4v) is 2.42. The van der Waals surface area contributed by atoms with Gasteiger partial charge in [0.15, 0.2) is 0 Å². The lowest BCUT2D eigenvalue weighted by Crippen LogP contribution is -1.71. The fraction of sp³-hybridized carbons (Fsp3) is 0.455. The van der Waals surface area contributed by atoms with E-state index in [9.17, 15) is 0 Å². The zero-order valence-electron chi connectivity index (χ0n) is 15.9. The van der Waals surface area contributed by atoms with Crippen molar-refractivity contribution in [1.82, 2.24) is 0 Å². The van der Waals surface area contributed by atoms with Gasteiger partial charge in [0, 0.05) is 0 Å². The highest BCUT2D eigenvalue weighted by Gasteiger charge is 1.82. The summed E-state index contributed by atoms with van der Waals surface area (Å²) in [7, 11) is 0. The molecule has 198 valence electrons. The predicted octanol–water partition coefficient (Wildman–Crippen LogP) is 12.6. The van der Waals surface area contributed by atoms with E-state index < -0.39 is 0 Å². The highest BCUT2D eigenvalue weighted by atomic mass is 13.9. The van der Waals surface area contributed by atoms with Gasteiger partial charge in [-0.1, -0.05) is 173 Å². The summed E-state index contributed by atoms with van der Waals surface area (Å²) in [5, 5.41) is 0. The van der Waals surface area contributed by atoms with Gasteiger partial charge in [0.2, 0.25) is 0 Å². The third-order valence-corrected chi connectivity index (χ3v) is 3.52. The quantitative estimate of drug-likeness (QED) is 0.311. The Morgan fingerprint density at radius 3 is 0.455 bits per heavy atom. The molecule has 0 unspecified atom stereocenters. The molecule has 0 saturated heterocycles. The molecule has 0 spiro atoms. The Bertz CT molecular complexity index is 583. The second kappa shape index (κ2) is 31.8. The summed E-state index contributed by atoms with van der Waals surface area (Å²) in [6, 6.07) is 25.3. The number of hydrogen-bond donors (Lipinski definition) is 0. The first-order valence-electron chi connectivity index (χ1n) is 8.46. The Morgan fingerprint density at radius 2 is 0.394 bits per heavy atom. The summed E-state index contributed by atoms with van der Waals surface area (Å²) in [5.41, 5.74) is 8.03. The topological polar surface area (TPSA) is 0 Å². The van der Waals surface area contributed by atoms with Crippen LogP contribution in [-0.4, -0.2) is 0 Å². The van der Waals surface area contributed by atoms with Crippen molar-refractivity contribution in [2.75, 3.05) is 0 Å².